The van der Waals surface area contributed by atoms with E-state index in [1.165, 1.54) is 0 Å². The summed E-state index contributed by atoms with van der Waals surface area (Å²) < 4.78 is 12.1. The second-order valence-corrected chi connectivity index (χ2v) is 7.45. The van der Waals surface area contributed by atoms with Crippen LogP contribution in [-0.4, -0.2) is 42.7 Å². The van der Waals surface area contributed by atoms with Crippen LogP contribution in [0.25, 0.3) is 0 Å². The Hall–Kier alpha value is -3.76. The molecule has 32 heavy (non-hydrogen) atoms. The van der Waals surface area contributed by atoms with Gasteiger partial charge >= 0.3 is 0 Å². The summed E-state index contributed by atoms with van der Waals surface area (Å²) in [6.07, 6.45) is 0. The number of aromatic nitrogens is 1. The van der Waals surface area contributed by atoms with Gasteiger partial charge in [0.2, 0.25) is 0 Å². The zero-order valence-corrected chi connectivity index (χ0v) is 18.0. The standard InChI is InChI=1S/C25H27N5O2/c26-12-13-30-14-16-31-24-10-3-1-8-22(24)27-18-20-6-5-7-21(29-20)19-28-23-9-2-4-11-25(23)32-17-15-30/h1-11,27-28H,13-19H2. The quantitative estimate of drug-likeness (QED) is 0.568. The third-order valence-electron chi connectivity index (χ3n) is 5.18. The minimum absolute atomic E-state index is 0.326. The van der Waals surface area contributed by atoms with Crippen molar-refractivity contribution in [1.82, 2.24) is 9.88 Å². The number of hydrogen-bond donors (Lipinski definition) is 2. The molecule has 0 unspecified atom stereocenters. The van der Waals surface area contributed by atoms with Gasteiger partial charge in [0, 0.05) is 13.1 Å². The molecule has 1 aromatic heterocycles. The van der Waals surface area contributed by atoms with Gasteiger partial charge in [-0.2, -0.15) is 5.26 Å². The van der Waals surface area contributed by atoms with Crippen LogP contribution in [0.3, 0.4) is 0 Å². The molecule has 0 fully saturated rings. The summed E-state index contributed by atoms with van der Waals surface area (Å²) in [4.78, 5) is 6.80. The van der Waals surface area contributed by atoms with Crippen molar-refractivity contribution in [2.24, 2.45) is 0 Å². The second kappa shape index (κ2) is 11.0. The van der Waals surface area contributed by atoms with Crippen molar-refractivity contribution in [3.63, 3.8) is 0 Å². The number of hydrogen-bond acceptors (Lipinski definition) is 7. The van der Waals surface area contributed by atoms with Crippen LogP contribution in [0.1, 0.15) is 11.4 Å². The Morgan fingerprint density at radius 2 is 1.31 bits per heavy atom. The molecule has 3 aromatic rings. The molecule has 1 aliphatic heterocycles. The summed E-state index contributed by atoms with van der Waals surface area (Å²) in [7, 11) is 0. The fourth-order valence-electron chi connectivity index (χ4n) is 3.51. The third-order valence-corrected chi connectivity index (χ3v) is 5.18. The number of nitriles is 1. The maximum absolute atomic E-state index is 9.19. The number of anilines is 2. The molecule has 0 atom stereocenters. The Morgan fingerprint density at radius 3 is 1.84 bits per heavy atom. The van der Waals surface area contributed by atoms with Gasteiger partial charge in [-0.3, -0.25) is 9.88 Å². The lowest BCUT2D eigenvalue weighted by Crippen LogP contribution is -2.32. The Balaban J connectivity index is 1.56. The number of benzene rings is 2. The molecule has 164 valence electrons. The molecule has 2 heterocycles. The van der Waals surface area contributed by atoms with Gasteiger partial charge in [-0.1, -0.05) is 30.3 Å². The average Bonchev–Trinajstić information content (AvgIpc) is 2.82. The van der Waals surface area contributed by atoms with Crippen LogP contribution in [0, 0.1) is 11.3 Å². The lowest BCUT2D eigenvalue weighted by Gasteiger charge is -2.21. The highest BCUT2D eigenvalue weighted by Gasteiger charge is 2.10. The SMILES string of the molecule is N#CCN1CCOc2ccccc2NCc2cccc(n2)CNc2ccccc2OCC1. The van der Waals surface area contributed by atoms with Crippen molar-refractivity contribution in [1.29, 1.82) is 5.26 Å². The zero-order valence-electron chi connectivity index (χ0n) is 18.0. The van der Waals surface area contributed by atoms with Crippen molar-refractivity contribution in [2.75, 3.05) is 43.5 Å². The highest BCUT2D eigenvalue weighted by atomic mass is 16.5. The van der Waals surface area contributed by atoms with E-state index in [9.17, 15) is 5.26 Å². The summed E-state index contributed by atoms with van der Waals surface area (Å²) >= 11 is 0. The molecule has 2 N–H and O–H groups in total. The predicted molar refractivity (Wildman–Crippen MR) is 125 cm³/mol. The number of nitrogens with zero attached hydrogens (tertiary/aromatic N) is 3. The molecule has 2 aromatic carbocycles. The average molecular weight is 430 g/mol. The van der Waals surface area contributed by atoms with E-state index in [-0.39, 0.29) is 0 Å². The second-order valence-electron chi connectivity index (χ2n) is 7.45. The summed E-state index contributed by atoms with van der Waals surface area (Å²) in [5, 5.41) is 16.1. The topological polar surface area (TPSA) is 82.4 Å². The van der Waals surface area contributed by atoms with Crippen molar-refractivity contribution in [2.45, 2.75) is 13.1 Å². The molecular formula is C25H27N5O2. The van der Waals surface area contributed by atoms with Crippen molar-refractivity contribution in [3.8, 4) is 17.6 Å². The van der Waals surface area contributed by atoms with Gasteiger partial charge in [-0.05, 0) is 36.4 Å². The first kappa shape index (κ1) is 21.5. The van der Waals surface area contributed by atoms with E-state index < -0.39 is 0 Å². The van der Waals surface area contributed by atoms with Crippen molar-refractivity contribution >= 4 is 11.4 Å². The lowest BCUT2D eigenvalue weighted by atomic mass is 10.2. The summed E-state index contributed by atoms with van der Waals surface area (Å²) in [5.41, 5.74) is 3.74. The van der Waals surface area contributed by atoms with E-state index in [0.29, 0.717) is 45.9 Å². The first-order valence-corrected chi connectivity index (χ1v) is 10.8. The molecule has 0 aliphatic carbocycles. The van der Waals surface area contributed by atoms with E-state index in [1.54, 1.807) is 0 Å². The lowest BCUT2D eigenvalue weighted by molar-refractivity contribution is 0.191. The number of ether oxygens (including phenoxy) is 2. The minimum Gasteiger partial charge on any atom is -0.490 e. The number of para-hydroxylation sites is 4. The smallest absolute Gasteiger partial charge is 0.142 e. The van der Waals surface area contributed by atoms with E-state index in [0.717, 1.165) is 34.3 Å². The number of rotatable bonds is 1. The Kier molecular flexibility index (Phi) is 7.40. The molecule has 0 radical (unpaired) electrons. The van der Waals surface area contributed by atoms with Gasteiger partial charge in [0.05, 0.1) is 48.5 Å². The maximum Gasteiger partial charge on any atom is 0.142 e. The normalized spacial score (nSPS) is 15.1. The molecule has 7 heteroatoms. The van der Waals surface area contributed by atoms with Gasteiger partial charge in [0.15, 0.2) is 0 Å². The molecule has 0 saturated heterocycles. The van der Waals surface area contributed by atoms with E-state index in [2.05, 4.69) is 16.7 Å². The number of pyridine rings is 1. The van der Waals surface area contributed by atoms with Crippen LogP contribution in [0.2, 0.25) is 0 Å². The molecule has 0 spiro atoms. The summed E-state index contributed by atoms with van der Waals surface area (Å²) in [6.45, 7) is 3.73. The molecule has 7 nitrogen and oxygen atoms in total. The van der Waals surface area contributed by atoms with E-state index in [1.807, 2.05) is 71.6 Å². The van der Waals surface area contributed by atoms with Gasteiger partial charge in [-0.25, -0.2) is 0 Å². The predicted octanol–water partition coefficient (Wildman–Crippen LogP) is 3.90. The molecule has 2 bridgehead atoms. The van der Waals surface area contributed by atoms with E-state index >= 15 is 0 Å². The fourth-order valence-corrected chi connectivity index (χ4v) is 3.51. The Labute approximate surface area is 188 Å². The van der Waals surface area contributed by atoms with Crippen LogP contribution in [0.15, 0.2) is 66.7 Å². The van der Waals surface area contributed by atoms with E-state index in [4.69, 9.17) is 14.5 Å². The number of nitrogens with one attached hydrogen (secondary N) is 2. The fraction of sp³-hybridized carbons (Fsp3) is 0.280. The van der Waals surface area contributed by atoms with Gasteiger partial charge in [0.1, 0.15) is 24.7 Å². The number of fused-ring (bicyclic) bond motifs is 4. The molecule has 0 saturated carbocycles. The molecular weight excluding hydrogens is 402 g/mol. The molecule has 4 rings (SSSR count). The van der Waals surface area contributed by atoms with Crippen LogP contribution in [-0.2, 0) is 13.1 Å². The van der Waals surface area contributed by atoms with Gasteiger partial charge in [0.25, 0.3) is 0 Å². The molecule has 1 aliphatic rings. The summed E-state index contributed by atoms with van der Waals surface area (Å²) in [5.74, 6) is 1.57. The largest absolute Gasteiger partial charge is 0.490 e. The maximum atomic E-state index is 9.19. The first-order chi connectivity index (χ1) is 15.8. The van der Waals surface area contributed by atoms with Crippen LogP contribution in [0.5, 0.6) is 11.5 Å². The van der Waals surface area contributed by atoms with Gasteiger partial charge in [-0.15, -0.1) is 0 Å². The zero-order chi connectivity index (χ0) is 22.0. The summed E-state index contributed by atoms with van der Waals surface area (Å²) in [6, 6.07) is 24.0. The van der Waals surface area contributed by atoms with Crippen LogP contribution < -0.4 is 20.1 Å². The van der Waals surface area contributed by atoms with Crippen LogP contribution >= 0.6 is 0 Å². The first-order valence-electron chi connectivity index (χ1n) is 10.8. The van der Waals surface area contributed by atoms with Crippen molar-refractivity contribution in [3.05, 3.63) is 78.1 Å². The van der Waals surface area contributed by atoms with Crippen LogP contribution in [0.4, 0.5) is 11.4 Å². The third kappa shape index (κ3) is 5.90. The highest BCUT2D eigenvalue weighted by Crippen LogP contribution is 2.25. The monoisotopic (exact) mass is 429 g/mol. The highest BCUT2D eigenvalue weighted by molar-refractivity contribution is 5.57. The Bertz CT molecular complexity index is 993. The minimum atomic E-state index is 0.326. The van der Waals surface area contributed by atoms with Crippen molar-refractivity contribution < 1.29 is 9.47 Å². The van der Waals surface area contributed by atoms with Gasteiger partial charge < -0.3 is 20.1 Å². The Morgan fingerprint density at radius 1 is 0.781 bits per heavy atom. The molecule has 0 amide bonds.